The van der Waals surface area contributed by atoms with E-state index in [2.05, 4.69) is 6.58 Å². The summed E-state index contributed by atoms with van der Waals surface area (Å²) >= 11 is 0. The number of likely N-dealkylation sites (N-methyl/N-ethyl adjacent to an activating group) is 1. The van der Waals surface area contributed by atoms with Crippen molar-refractivity contribution in [1.82, 2.24) is 18.8 Å². The fourth-order valence-corrected chi connectivity index (χ4v) is 1.84. The highest BCUT2D eigenvalue weighted by molar-refractivity contribution is 6.15. The van der Waals surface area contributed by atoms with Crippen LogP contribution in [0.4, 0.5) is 0 Å². The minimum absolute atomic E-state index is 0.105. The van der Waals surface area contributed by atoms with Crippen LogP contribution in [0.1, 0.15) is 0 Å². The summed E-state index contributed by atoms with van der Waals surface area (Å²) < 4.78 is 2.96. The summed E-state index contributed by atoms with van der Waals surface area (Å²) in [5, 5.41) is 0. The number of rotatable bonds is 3. The molecule has 8 nitrogen and oxygen atoms in total. The molecule has 0 aromatic carbocycles. The molecule has 0 saturated heterocycles. The lowest BCUT2D eigenvalue weighted by molar-refractivity contribution is -0.135. The van der Waals surface area contributed by atoms with Crippen molar-refractivity contribution >= 4 is 18.0 Å². The maximum absolute atomic E-state index is 11.9. The SMILES string of the molecule is C=Cn1c(=O)n(CC2=CC(=O)N(C)C2=O)c(=O)n1C. The van der Waals surface area contributed by atoms with E-state index in [1.165, 1.54) is 20.3 Å². The lowest BCUT2D eigenvalue weighted by Gasteiger charge is -2.06. The molecule has 0 fully saturated rings. The maximum Gasteiger partial charge on any atom is 0.351 e. The molecular weight excluding hydrogens is 252 g/mol. The Balaban J connectivity index is 2.47. The Bertz CT molecular complexity index is 731. The van der Waals surface area contributed by atoms with Gasteiger partial charge in [0.25, 0.3) is 11.8 Å². The molecule has 2 heterocycles. The smallest absolute Gasteiger partial charge is 0.278 e. The van der Waals surface area contributed by atoms with Crippen LogP contribution in [0.2, 0.25) is 0 Å². The zero-order valence-electron chi connectivity index (χ0n) is 10.5. The molecule has 0 saturated carbocycles. The lowest BCUT2D eigenvalue weighted by Crippen LogP contribution is -2.32. The average Bonchev–Trinajstić information content (AvgIpc) is 2.73. The van der Waals surface area contributed by atoms with Gasteiger partial charge in [-0.3, -0.25) is 14.5 Å². The molecule has 0 unspecified atom stereocenters. The molecule has 0 spiro atoms. The van der Waals surface area contributed by atoms with E-state index in [1.807, 2.05) is 0 Å². The molecule has 0 N–H and O–H groups in total. The van der Waals surface area contributed by atoms with Gasteiger partial charge in [0.1, 0.15) is 0 Å². The maximum atomic E-state index is 11.9. The third-order valence-electron chi connectivity index (χ3n) is 2.97. The lowest BCUT2D eigenvalue weighted by atomic mass is 10.2. The Labute approximate surface area is 107 Å². The van der Waals surface area contributed by atoms with Gasteiger partial charge in [0.2, 0.25) is 0 Å². The average molecular weight is 264 g/mol. The van der Waals surface area contributed by atoms with Crippen LogP contribution in [0.3, 0.4) is 0 Å². The van der Waals surface area contributed by atoms with Crippen LogP contribution in [0, 0.1) is 0 Å². The highest BCUT2D eigenvalue weighted by Gasteiger charge is 2.28. The van der Waals surface area contributed by atoms with Gasteiger partial charge in [-0.1, -0.05) is 6.58 Å². The molecule has 1 aliphatic heterocycles. The fraction of sp³-hybridized carbons (Fsp3) is 0.273. The molecule has 0 radical (unpaired) electrons. The van der Waals surface area contributed by atoms with Crippen LogP contribution in [-0.2, 0) is 23.2 Å². The third-order valence-corrected chi connectivity index (χ3v) is 2.97. The number of aromatic nitrogens is 3. The number of hydrogen-bond acceptors (Lipinski definition) is 4. The van der Waals surface area contributed by atoms with E-state index in [4.69, 9.17) is 0 Å². The summed E-state index contributed by atoms with van der Waals surface area (Å²) in [4.78, 5) is 47.7. The molecule has 1 aromatic heterocycles. The first-order valence-corrected chi connectivity index (χ1v) is 5.42. The Morgan fingerprint density at radius 2 is 1.79 bits per heavy atom. The zero-order chi connectivity index (χ0) is 14.3. The molecule has 19 heavy (non-hydrogen) atoms. The molecule has 100 valence electrons. The number of carbonyl (C=O) groups is 2. The second-order valence-corrected chi connectivity index (χ2v) is 4.07. The summed E-state index contributed by atoms with van der Waals surface area (Å²) in [6.07, 6.45) is 2.32. The van der Waals surface area contributed by atoms with E-state index in [0.717, 1.165) is 24.9 Å². The predicted octanol–water partition coefficient (Wildman–Crippen LogP) is -1.63. The number of hydrogen-bond donors (Lipinski definition) is 0. The van der Waals surface area contributed by atoms with Crippen LogP contribution in [0.15, 0.2) is 27.8 Å². The van der Waals surface area contributed by atoms with E-state index in [-0.39, 0.29) is 12.1 Å². The number of amides is 2. The van der Waals surface area contributed by atoms with Gasteiger partial charge >= 0.3 is 11.4 Å². The predicted molar refractivity (Wildman–Crippen MR) is 66.2 cm³/mol. The molecule has 8 heteroatoms. The summed E-state index contributed by atoms with van der Waals surface area (Å²) in [6, 6.07) is 0. The Morgan fingerprint density at radius 1 is 1.16 bits per heavy atom. The van der Waals surface area contributed by atoms with E-state index in [1.54, 1.807) is 0 Å². The summed E-state index contributed by atoms with van der Waals surface area (Å²) in [7, 11) is 2.74. The van der Waals surface area contributed by atoms with Gasteiger partial charge in [-0.2, -0.15) is 0 Å². The minimum Gasteiger partial charge on any atom is -0.278 e. The zero-order valence-corrected chi connectivity index (χ0v) is 10.5. The molecule has 1 aliphatic rings. The molecular formula is C11H12N4O4. The van der Waals surface area contributed by atoms with E-state index in [0.29, 0.717) is 0 Å². The molecule has 1 aromatic rings. The van der Waals surface area contributed by atoms with Crippen molar-refractivity contribution in [2.75, 3.05) is 7.05 Å². The first kappa shape index (κ1) is 12.8. The molecule has 2 amide bonds. The minimum atomic E-state index is -0.613. The molecule has 2 rings (SSSR count). The van der Waals surface area contributed by atoms with Gasteiger partial charge in [0.15, 0.2) is 0 Å². The van der Waals surface area contributed by atoms with Crippen molar-refractivity contribution in [1.29, 1.82) is 0 Å². The third kappa shape index (κ3) is 1.77. The molecule has 0 atom stereocenters. The quantitative estimate of drug-likeness (QED) is 0.614. The van der Waals surface area contributed by atoms with Crippen molar-refractivity contribution in [3.05, 3.63) is 39.2 Å². The van der Waals surface area contributed by atoms with Crippen molar-refractivity contribution in [2.24, 2.45) is 7.05 Å². The van der Waals surface area contributed by atoms with Crippen LogP contribution in [0.25, 0.3) is 6.20 Å². The first-order valence-electron chi connectivity index (χ1n) is 5.42. The normalized spacial score (nSPS) is 15.1. The summed E-state index contributed by atoms with van der Waals surface area (Å²) in [5.41, 5.74) is -1.09. The molecule has 0 aliphatic carbocycles. The van der Waals surface area contributed by atoms with Crippen molar-refractivity contribution < 1.29 is 9.59 Å². The Morgan fingerprint density at radius 3 is 2.21 bits per heavy atom. The van der Waals surface area contributed by atoms with Crippen LogP contribution in [-0.4, -0.2) is 37.7 Å². The Kier molecular flexibility index (Phi) is 2.85. The van der Waals surface area contributed by atoms with Gasteiger partial charge in [-0.15, -0.1) is 0 Å². The van der Waals surface area contributed by atoms with E-state index in [9.17, 15) is 19.2 Å². The number of nitrogens with zero attached hydrogens (tertiary/aromatic N) is 4. The number of imide groups is 1. The largest absolute Gasteiger partial charge is 0.351 e. The standard InChI is InChI=1S/C11H12N4O4/c1-4-15-11(19)14(10(18)13(15)3)6-7-5-8(16)12(2)9(7)17/h4-5H,1,6H2,2-3H3. The van der Waals surface area contributed by atoms with Gasteiger partial charge < -0.3 is 0 Å². The first-order chi connectivity index (χ1) is 8.88. The van der Waals surface area contributed by atoms with Gasteiger partial charge in [0, 0.05) is 31.9 Å². The highest BCUT2D eigenvalue weighted by Crippen LogP contribution is 2.11. The second kappa shape index (κ2) is 4.23. The van der Waals surface area contributed by atoms with Crippen molar-refractivity contribution in [2.45, 2.75) is 6.54 Å². The van der Waals surface area contributed by atoms with Crippen molar-refractivity contribution in [3.63, 3.8) is 0 Å². The van der Waals surface area contributed by atoms with Gasteiger partial charge in [-0.05, 0) is 0 Å². The van der Waals surface area contributed by atoms with Gasteiger partial charge in [-0.25, -0.2) is 23.5 Å². The second-order valence-electron chi connectivity index (χ2n) is 4.07. The van der Waals surface area contributed by atoms with E-state index >= 15 is 0 Å². The number of carbonyl (C=O) groups excluding carboxylic acids is 2. The van der Waals surface area contributed by atoms with Crippen molar-refractivity contribution in [3.8, 4) is 0 Å². The Hall–Kier alpha value is -2.64. The van der Waals surface area contributed by atoms with Crippen LogP contribution >= 0.6 is 0 Å². The topological polar surface area (TPSA) is 86.3 Å². The monoisotopic (exact) mass is 264 g/mol. The highest BCUT2D eigenvalue weighted by atomic mass is 16.2. The van der Waals surface area contributed by atoms with Crippen LogP contribution in [0.5, 0.6) is 0 Å². The van der Waals surface area contributed by atoms with E-state index < -0.39 is 23.2 Å². The summed E-state index contributed by atoms with van der Waals surface area (Å²) in [5.74, 6) is -0.974. The molecule has 0 bridgehead atoms. The summed E-state index contributed by atoms with van der Waals surface area (Å²) in [6.45, 7) is 3.19. The fourth-order valence-electron chi connectivity index (χ4n) is 1.84. The van der Waals surface area contributed by atoms with Crippen LogP contribution < -0.4 is 11.4 Å². The van der Waals surface area contributed by atoms with Gasteiger partial charge in [0.05, 0.1) is 6.54 Å².